The average Bonchev–Trinajstić information content (AvgIpc) is 3.18. The van der Waals surface area contributed by atoms with Crippen molar-refractivity contribution in [2.75, 3.05) is 11.1 Å². The van der Waals surface area contributed by atoms with Crippen LogP contribution in [0.4, 0.5) is 5.88 Å². The number of carbonyl (C=O) groups excluding carboxylic acids is 1. The minimum Gasteiger partial charge on any atom is -0.449 e. The third kappa shape index (κ3) is 2.18. The van der Waals surface area contributed by atoms with Crippen molar-refractivity contribution in [2.45, 2.75) is 10.6 Å². The Morgan fingerprint density at radius 2 is 2.38 bits per heavy atom. The highest BCUT2D eigenvalue weighted by Gasteiger charge is 2.25. The van der Waals surface area contributed by atoms with Crippen LogP contribution in [-0.4, -0.2) is 21.9 Å². The highest BCUT2D eigenvalue weighted by Crippen LogP contribution is 2.40. The number of nitrogens with one attached hydrogen (secondary N) is 2. The fraction of sp³-hybridized carbons (Fsp3) is 0.143. The summed E-state index contributed by atoms with van der Waals surface area (Å²) in [4.78, 5) is 12.4. The molecule has 0 fully saturated rings. The van der Waals surface area contributed by atoms with Gasteiger partial charge < -0.3 is 4.42 Å². The zero-order valence-corrected chi connectivity index (χ0v) is 12.5. The SMILES string of the molecule is O=C(Nc1ccco1)c1[nH]nc2c1CCSc1sccc1-2. The van der Waals surface area contributed by atoms with Gasteiger partial charge in [-0.1, -0.05) is 0 Å². The molecule has 3 aromatic rings. The van der Waals surface area contributed by atoms with E-state index < -0.39 is 0 Å². The zero-order valence-electron chi connectivity index (χ0n) is 10.9. The van der Waals surface area contributed by atoms with Gasteiger partial charge in [0.2, 0.25) is 0 Å². The van der Waals surface area contributed by atoms with Gasteiger partial charge in [0, 0.05) is 22.9 Å². The maximum Gasteiger partial charge on any atom is 0.276 e. The van der Waals surface area contributed by atoms with Crippen molar-refractivity contribution in [1.82, 2.24) is 10.2 Å². The van der Waals surface area contributed by atoms with E-state index in [0.29, 0.717) is 11.6 Å². The van der Waals surface area contributed by atoms with Crippen LogP contribution in [0, 0.1) is 0 Å². The lowest BCUT2D eigenvalue weighted by Gasteiger charge is -2.02. The molecule has 0 radical (unpaired) electrons. The molecule has 0 saturated heterocycles. The molecule has 3 aromatic heterocycles. The van der Waals surface area contributed by atoms with Crippen molar-refractivity contribution < 1.29 is 9.21 Å². The summed E-state index contributed by atoms with van der Waals surface area (Å²) in [5.41, 5.74) is 3.50. The molecule has 106 valence electrons. The first-order valence-corrected chi connectivity index (χ1v) is 8.32. The molecule has 0 aliphatic carbocycles. The van der Waals surface area contributed by atoms with Gasteiger partial charge in [0.05, 0.1) is 16.2 Å². The van der Waals surface area contributed by atoms with Gasteiger partial charge in [0.25, 0.3) is 5.91 Å². The number of amides is 1. The minimum atomic E-state index is -0.220. The van der Waals surface area contributed by atoms with Gasteiger partial charge >= 0.3 is 0 Å². The predicted octanol–water partition coefficient (Wildman–Crippen LogP) is 3.63. The number of thiophene rings is 1. The minimum absolute atomic E-state index is 0.220. The van der Waals surface area contributed by atoms with Gasteiger partial charge in [-0.2, -0.15) is 5.10 Å². The Morgan fingerprint density at radius 1 is 1.43 bits per heavy atom. The molecule has 0 bridgehead atoms. The molecule has 0 atom stereocenters. The first kappa shape index (κ1) is 12.7. The Hall–Kier alpha value is -1.99. The van der Waals surface area contributed by atoms with E-state index in [1.807, 2.05) is 11.8 Å². The van der Waals surface area contributed by atoms with Crippen LogP contribution >= 0.6 is 23.1 Å². The third-order valence-corrected chi connectivity index (χ3v) is 5.56. The van der Waals surface area contributed by atoms with E-state index in [4.69, 9.17) is 4.42 Å². The molecule has 7 heteroatoms. The van der Waals surface area contributed by atoms with Gasteiger partial charge in [0.15, 0.2) is 5.88 Å². The molecule has 0 spiro atoms. The second-order valence-electron chi connectivity index (χ2n) is 4.58. The van der Waals surface area contributed by atoms with Crippen LogP contribution in [0.1, 0.15) is 16.1 Å². The maximum absolute atomic E-state index is 12.4. The van der Waals surface area contributed by atoms with Crippen molar-refractivity contribution in [2.24, 2.45) is 0 Å². The fourth-order valence-electron chi connectivity index (χ4n) is 2.37. The molecule has 0 aromatic carbocycles. The lowest BCUT2D eigenvalue weighted by molar-refractivity contribution is 0.101. The molecule has 5 nitrogen and oxygen atoms in total. The first-order chi connectivity index (χ1) is 10.3. The summed E-state index contributed by atoms with van der Waals surface area (Å²) in [6.45, 7) is 0. The van der Waals surface area contributed by atoms with Gasteiger partial charge in [-0.3, -0.25) is 15.2 Å². The van der Waals surface area contributed by atoms with Crippen molar-refractivity contribution in [3.05, 3.63) is 41.1 Å². The number of rotatable bonds is 2. The van der Waals surface area contributed by atoms with Crippen molar-refractivity contribution in [1.29, 1.82) is 0 Å². The summed E-state index contributed by atoms with van der Waals surface area (Å²) < 4.78 is 6.41. The molecule has 21 heavy (non-hydrogen) atoms. The third-order valence-electron chi connectivity index (χ3n) is 3.32. The van der Waals surface area contributed by atoms with Crippen LogP contribution in [0.5, 0.6) is 0 Å². The van der Waals surface area contributed by atoms with E-state index in [9.17, 15) is 4.79 Å². The van der Waals surface area contributed by atoms with E-state index in [-0.39, 0.29) is 5.91 Å². The maximum atomic E-state index is 12.4. The van der Waals surface area contributed by atoms with Crippen LogP contribution < -0.4 is 5.32 Å². The number of anilines is 1. The molecule has 1 amide bonds. The normalized spacial score (nSPS) is 13.3. The number of nitrogens with zero attached hydrogens (tertiary/aromatic N) is 1. The fourth-order valence-corrected chi connectivity index (χ4v) is 4.49. The van der Waals surface area contributed by atoms with Crippen molar-refractivity contribution in [3.63, 3.8) is 0 Å². The number of fused-ring (bicyclic) bond motifs is 3. The average molecular weight is 317 g/mol. The van der Waals surface area contributed by atoms with Crippen LogP contribution in [0.3, 0.4) is 0 Å². The van der Waals surface area contributed by atoms with Gasteiger partial charge in [-0.25, -0.2) is 0 Å². The Morgan fingerprint density at radius 3 is 3.24 bits per heavy atom. The second-order valence-corrected chi connectivity index (χ2v) is 6.86. The lowest BCUT2D eigenvalue weighted by atomic mass is 10.1. The number of aromatic amines is 1. The summed E-state index contributed by atoms with van der Waals surface area (Å²) >= 11 is 3.53. The number of aromatic nitrogens is 2. The predicted molar refractivity (Wildman–Crippen MR) is 83.0 cm³/mol. The largest absolute Gasteiger partial charge is 0.449 e. The standard InChI is InChI=1S/C14H11N3O2S2/c18-13(15-10-2-1-5-19-10)12-8-3-6-20-14-9(4-7-21-14)11(8)16-17-12/h1-2,4-5,7H,3,6H2,(H,15,18)(H,16,17). The van der Waals surface area contributed by atoms with Crippen LogP contribution in [-0.2, 0) is 6.42 Å². The molecule has 2 N–H and O–H groups in total. The van der Waals surface area contributed by atoms with Crippen LogP contribution in [0.25, 0.3) is 11.3 Å². The van der Waals surface area contributed by atoms with Gasteiger partial charge in [-0.15, -0.1) is 23.1 Å². The van der Waals surface area contributed by atoms with Gasteiger partial charge in [0.1, 0.15) is 5.69 Å². The molecule has 1 aliphatic heterocycles. The Bertz CT molecular complexity index is 789. The lowest BCUT2D eigenvalue weighted by Crippen LogP contribution is -2.14. The first-order valence-electron chi connectivity index (χ1n) is 6.45. The van der Waals surface area contributed by atoms with E-state index in [1.165, 1.54) is 10.5 Å². The quantitative estimate of drug-likeness (QED) is 0.757. The van der Waals surface area contributed by atoms with E-state index >= 15 is 0 Å². The molecule has 4 heterocycles. The summed E-state index contributed by atoms with van der Waals surface area (Å²) in [6.07, 6.45) is 2.34. The van der Waals surface area contributed by atoms with Crippen molar-refractivity contribution >= 4 is 34.9 Å². The number of H-pyrrole nitrogens is 1. The highest BCUT2D eigenvalue weighted by atomic mass is 32.2. The van der Waals surface area contributed by atoms with E-state index in [0.717, 1.165) is 29.0 Å². The Balaban J connectivity index is 1.72. The second kappa shape index (κ2) is 5.09. The smallest absolute Gasteiger partial charge is 0.276 e. The number of furan rings is 1. The van der Waals surface area contributed by atoms with Crippen LogP contribution in [0.2, 0.25) is 0 Å². The van der Waals surface area contributed by atoms with Gasteiger partial charge in [-0.05, 0) is 23.9 Å². The number of carbonyl (C=O) groups is 1. The van der Waals surface area contributed by atoms with E-state index in [1.54, 1.807) is 23.5 Å². The van der Waals surface area contributed by atoms with Crippen LogP contribution in [0.15, 0.2) is 38.5 Å². The summed E-state index contributed by atoms with van der Waals surface area (Å²) in [7, 11) is 0. The molecular formula is C14H11N3O2S2. The number of thioether (sulfide) groups is 1. The summed E-state index contributed by atoms with van der Waals surface area (Å²) in [5, 5.41) is 12.0. The topological polar surface area (TPSA) is 70.9 Å². The van der Waals surface area contributed by atoms with E-state index in [2.05, 4.69) is 27.0 Å². The Labute approximate surface area is 128 Å². The molecule has 0 saturated carbocycles. The zero-order chi connectivity index (χ0) is 14.2. The summed E-state index contributed by atoms with van der Waals surface area (Å²) in [6, 6.07) is 5.50. The molecule has 0 unspecified atom stereocenters. The molecule has 4 rings (SSSR count). The summed E-state index contributed by atoms with van der Waals surface area (Å²) in [5.74, 6) is 1.16. The monoisotopic (exact) mass is 317 g/mol. The van der Waals surface area contributed by atoms with Crippen molar-refractivity contribution in [3.8, 4) is 11.3 Å². The highest BCUT2D eigenvalue weighted by molar-refractivity contribution is 8.01. The Kier molecular flexibility index (Phi) is 3.08. The number of hydrogen-bond donors (Lipinski definition) is 2. The molecular weight excluding hydrogens is 306 g/mol. The number of hydrogen-bond acceptors (Lipinski definition) is 5. The molecule has 1 aliphatic rings.